The van der Waals surface area contributed by atoms with Crippen molar-refractivity contribution in [3.8, 4) is 0 Å². The number of sulfonamides is 1. The summed E-state index contributed by atoms with van der Waals surface area (Å²) in [5, 5.41) is 4.89. The molecule has 3 aliphatic rings. The molecule has 3 saturated heterocycles. The van der Waals surface area contributed by atoms with Crippen LogP contribution in [0.2, 0.25) is 5.02 Å². The zero-order valence-electron chi connectivity index (χ0n) is 20.8. The first kappa shape index (κ1) is 25.4. The summed E-state index contributed by atoms with van der Waals surface area (Å²) in [6.07, 6.45) is 10.5. The van der Waals surface area contributed by atoms with Crippen molar-refractivity contribution >= 4 is 39.2 Å². The van der Waals surface area contributed by atoms with Gasteiger partial charge in [-0.3, -0.25) is 9.62 Å². The van der Waals surface area contributed by atoms with Crippen LogP contribution in [0.4, 0.5) is 16.3 Å². The second kappa shape index (κ2) is 10.2. The van der Waals surface area contributed by atoms with Crippen LogP contribution in [-0.2, 0) is 16.6 Å². The summed E-state index contributed by atoms with van der Waals surface area (Å²) in [6.45, 7) is 5.45. The molecule has 0 bridgehead atoms. The summed E-state index contributed by atoms with van der Waals surface area (Å²) in [4.78, 5) is 20.0. The van der Waals surface area contributed by atoms with Crippen molar-refractivity contribution in [3.05, 3.63) is 41.0 Å². The quantitative estimate of drug-likeness (QED) is 0.623. The zero-order valence-corrected chi connectivity index (χ0v) is 22.4. The Morgan fingerprint density at radius 2 is 1.78 bits per heavy atom. The van der Waals surface area contributed by atoms with Crippen molar-refractivity contribution in [2.75, 3.05) is 48.6 Å². The first-order valence-electron chi connectivity index (χ1n) is 12.8. The zero-order chi connectivity index (χ0) is 25.3. The summed E-state index contributed by atoms with van der Waals surface area (Å²) in [6, 6.07) is 7.60. The molecular formula is C25H35ClN6O3S. The highest BCUT2D eigenvalue weighted by Crippen LogP contribution is 2.41. The molecule has 1 amide bonds. The van der Waals surface area contributed by atoms with Crippen molar-refractivity contribution in [2.45, 2.75) is 57.0 Å². The van der Waals surface area contributed by atoms with Crippen LogP contribution in [0.3, 0.4) is 0 Å². The number of hydrogen-bond acceptors (Lipinski definition) is 6. The van der Waals surface area contributed by atoms with Crippen LogP contribution < -0.4 is 9.62 Å². The Balaban J connectivity index is 1.25. The molecule has 196 valence electrons. The molecule has 2 aromatic rings. The van der Waals surface area contributed by atoms with E-state index in [1.165, 1.54) is 53.9 Å². The summed E-state index contributed by atoms with van der Waals surface area (Å²) < 4.78 is 26.4. The van der Waals surface area contributed by atoms with E-state index in [1.807, 2.05) is 11.0 Å². The molecule has 0 aliphatic carbocycles. The van der Waals surface area contributed by atoms with Crippen molar-refractivity contribution < 1.29 is 13.2 Å². The smallest absolute Gasteiger partial charge is 0.344 e. The van der Waals surface area contributed by atoms with E-state index >= 15 is 0 Å². The van der Waals surface area contributed by atoms with Gasteiger partial charge in [0.1, 0.15) is 0 Å². The number of anilines is 2. The molecule has 0 saturated carbocycles. The fourth-order valence-electron chi connectivity index (χ4n) is 6.05. The molecule has 0 atom stereocenters. The van der Waals surface area contributed by atoms with E-state index < -0.39 is 10.0 Å². The number of carbonyl (C=O) groups excluding carboxylic acids is 1. The number of nitrogens with one attached hydrogen (secondary N) is 1. The van der Waals surface area contributed by atoms with Gasteiger partial charge in [-0.25, -0.2) is 13.2 Å². The average Bonchev–Trinajstić information content (AvgIpc) is 3.47. The Hall–Kier alpha value is -2.30. The number of benzene rings is 1. The normalized spacial score (nSPS) is 20.7. The van der Waals surface area contributed by atoms with Crippen LogP contribution >= 0.6 is 11.6 Å². The number of hydrogen-bond donors (Lipinski definition) is 1. The Labute approximate surface area is 218 Å². The number of likely N-dealkylation sites (tertiary alicyclic amines) is 2. The first-order chi connectivity index (χ1) is 17.2. The number of piperidine rings is 2. The maximum Gasteiger partial charge on any atom is 0.344 e. The van der Waals surface area contributed by atoms with Crippen LogP contribution in [0.5, 0.6) is 0 Å². The van der Waals surface area contributed by atoms with Gasteiger partial charge in [-0.05, 0) is 69.2 Å². The lowest BCUT2D eigenvalue weighted by Gasteiger charge is -2.45. The molecule has 3 fully saturated rings. The van der Waals surface area contributed by atoms with E-state index in [0.29, 0.717) is 13.1 Å². The molecule has 36 heavy (non-hydrogen) atoms. The first-order valence-corrected chi connectivity index (χ1v) is 15.1. The molecule has 0 unspecified atom stereocenters. The van der Waals surface area contributed by atoms with E-state index in [0.717, 1.165) is 56.7 Å². The van der Waals surface area contributed by atoms with Crippen LogP contribution in [-0.4, -0.2) is 78.5 Å². The largest absolute Gasteiger partial charge is 0.371 e. The molecule has 5 rings (SSSR count). The van der Waals surface area contributed by atoms with Crippen molar-refractivity contribution in [1.29, 1.82) is 0 Å². The lowest BCUT2D eigenvalue weighted by atomic mass is 9.84. The fourth-order valence-corrected chi connectivity index (χ4v) is 6.70. The van der Waals surface area contributed by atoms with Gasteiger partial charge in [0.15, 0.2) is 5.82 Å². The van der Waals surface area contributed by atoms with Gasteiger partial charge in [0.2, 0.25) is 10.0 Å². The van der Waals surface area contributed by atoms with Crippen molar-refractivity contribution in [1.82, 2.24) is 19.6 Å². The highest BCUT2D eigenvalue weighted by molar-refractivity contribution is 7.92. The molecule has 3 aliphatic heterocycles. The molecule has 0 radical (unpaired) electrons. The molecule has 1 spiro atoms. The van der Waals surface area contributed by atoms with Gasteiger partial charge >= 0.3 is 6.03 Å². The molecule has 1 aromatic heterocycles. The van der Waals surface area contributed by atoms with Crippen molar-refractivity contribution in [3.63, 3.8) is 0 Å². The number of halogens is 1. The maximum absolute atomic E-state index is 13.0. The van der Waals surface area contributed by atoms with Crippen LogP contribution in [0.15, 0.2) is 30.5 Å². The molecule has 11 heteroatoms. The lowest BCUT2D eigenvalue weighted by Crippen LogP contribution is -2.53. The third-order valence-electron chi connectivity index (χ3n) is 7.89. The Morgan fingerprint density at radius 1 is 1.03 bits per heavy atom. The molecule has 1 aromatic carbocycles. The highest BCUT2D eigenvalue weighted by Gasteiger charge is 2.44. The molecule has 1 N–H and O–H groups in total. The second-order valence-corrected chi connectivity index (χ2v) is 12.5. The molecular weight excluding hydrogens is 500 g/mol. The number of nitrogens with zero attached hydrogens (tertiary/aromatic N) is 5. The molecule has 9 nitrogen and oxygen atoms in total. The van der Waals surface area contributed by atoms with Gasteiger partial charge < -0.3 is 9.80 Å². The summed E-state index contributed by atoms with van der Waals surface area (Å²) >= 11 is 6.41. The number of amides is 1. The summed E-state index contributed by atoms with van der Waals surface area (Å²) in [5.74, 6) is 0.147. The minimum atomic E-state index is -3.44. The number of carbonyl (C=O) groups is 1. The van der Waals surface area contributed by atoms with E-state index in [9.17, 15) is 13.2 Å². The fraction of sp³-hybridized carbons (Fsp3) is 0.600. The van der Waals surface area contributed by atoms with Crippen LogP contribution in [0, 0.1) is 0 Å². The van der Waals surface area contributed by atoms with E-state index in [-0.39, 0.29) is 17.4 Å². The van der Waals surface area contributed by atoms with E-state index in [4.69, 9.17) is 11.6 Å². The van der Waals surface area contributed by atoms with E-state index in [1.54, 1.807) is 0 Å². The van der Waals surface area contributed by atoms with Crippen LogP contribution in [0.1, 0.15) is 50.5 Å². The Morgan fingerprint density at radius 3 is 2.50 bits per heavy atom. The Kier molecular flexibility index (Phi) is 7.20. The second-order valence-electron chi connectivity index (χ2n) is 10.4. The van der Waals surface area contributed by atoms with Gasteiger partial charge in [0.25, 0.3) is 0 Å². The van der Waals surface area contributed by atoms with E-state index in [2.05, 4.69) is 31.8 Å². The topological polar surface area (TPSA) is 90.8 Å². The minimum Gasteiger partial charge on any atom is -0.371 e. The third kappa shape index (κ3) is 5.50. The van der Waals surface area contributed by atoms with Crippen LogP contribution in [0.25, 0.3) is 0 Å². The summed E-state index contributed by atoms with van der Waals surface area (Å²) in [7, 11) is -3.44. The lowest BCUT2D eigenvalue weighted by molar-refractivity contribution is 0.0585. The number of rotatable bonds is 5. The monoisotopic (exact) mass is 534 g/mol. The SMILES string of the molecule is CS(=O)(=O)Nc1ccn(C(=O)N2CCC3(CCCN3Cc3ccc(Cl)cc3N3CCCCC3)CC2)n1. The van der Waals surface area contributed by atoms with Gasteiger partial charge in [-0.2, -0.15) is 4.68 Å². The van der Waals surface area contributed by atoms with Crippen molar-refractivity contribution in [2.24, 2.45) is 0 Å². The predicted molar refractivity (Wildman–Crippen MR) is 142 cm³/mol. The average molecular weight is 535 g/mol. The highest BCUT2D eigenvalue weighted by atomic mass is 35.5. The third-order valence-corrected chi connectivity index (χ3v) is 8.70. The number of aromatic nitrogens is 2. The summed E-state index contributed by atoms with van der Waals surface area (Å²) in [5.41, 5.74) is 2.71. The van der Waals surface area contributed by atoms with Gasteiger partial charge in [-0.1, -0.05) is 17.7 Å². The predicted octanol–water partition coefficient (Wildman–Crippen LogP) is 4.00. The maximum atomic E-state index is 13.0. The van der Waals surface area contributed by atoms with Gasteiger partial charge in [0, 0.05) is 61.2 Å². The Bertz CT molecular complexity index is 1200. The van der Waals surface area contributed by atoms with Gasteiger partial charge in [-0.15, -0.1) is 5.10 Å². The minimum absolute atomic E-state index is 0.0999. The standard InChI is InChI=1S/C25H35ClN6O3S/c1-36(34,35)28-23-8-15-32(27-23)24(33)30-16-10-25(11-17-30)9-5-14-31(25)19-20-6-7-21(26)18-22(20)29-12-3-2-4-13-29/h6-8,15,18H,2-5,9-14,16-17,19H2,1H3,(H,27,28). The molecule has 4 heterocycles. The van der Waals surface area contributed by atoms with Gasteiger partial charge in [0.05, 0.1) is 6.26 Å².